The second-order valence-electron chi connectivity index (χ2n) is 6.46. The summed E-state index contributed by atoms with van der Waals surface area (Å²) in [6.45, 7) is 3.86. The van der Waals surface area contributed by atoms with Crippen molar-refractivity contribution in [1.82, 2.24) is 5.32 Å². The monoisotopic (exact) mass is 467 g/mol. The number of halogens is 2. The Balaban J connectivity index is 1.95. The van der Waals surface area contributed by atoms with Crippen LogP contribution in [0, 0.1) is 16.3 Å². The highest BCUT2D eigenvalue weighted by Gasteiger charge is 2.46. The molecule has 1 N–H and O–H groups in total. The lowest BCUT2D eigenvalue weighted by molar-refractivity contribution is -0.150. The second-order valence-corrected chi connectivity index (χ2v) is 7.54. The first-order chi connectivity index (χ1) is 12.4. The SMILES string of the molecule is CCOC(=O)C1(NC(=O)c2cccc(C)c2I)Cc2ccc(F)cc2C1. The third kappa shape index (κ3) is 3.47. The van der Waals surface area contributed by atoms with Gasteiger partial charge in [0, 0.05) is 16.4 Å². The van der Waals surface area contributed by atoms with Crippen molar-refractivity contribution in [1.29, 1.82) is 0 Å². The van der Waals surface area contributed by atoms with E-state index in [0.717, 1.165) is 20.3 Å². The summed E-state index contributed by atoms with van der Waals surface area (Å²) in [6, 6.07) is 9.90. The van der Waals surface area contributed by atoms with Crippen molar-refractivity contribution in [2.24, 2.45) is 0 Å². The summed E-state index contributed by atoms with van der Waals surface area (Å²) in [4.78, 5) is 25.6. The van der Waals surface area contributed by atoms with Gasteiger partial charge in [-0.3, -0.25) is 4.79 Å². The second kappa shape index (κ2) is 7.34. The van der Waals surface area contributed by atoms with Crippen molar-refractivity contribution in [2.45, 2.75) is 32.2 Å². The number of esters is 1. The molecule has 3 rings (SSSR count). The average molecular weight is 467 g/mol. The fourth-order valence-corrected chi connectivity index (χ4v) is 3.91. The molecule has 1 amide bonds. The van der Waals surface area contributed by atoms with E-state index in [0.29, 0.717) is 5.56 Å². The van der Waals surface area contributed by atoms with Crippen LogP contribution in [0.4, 0.5) is 4.39 Å². The number of carbonyl (C=O) groups excluding carboxylic acids is 2. The minimum Gasteiger partial charge on any atom is -0.464 e. The number of aryl methyl sites for hydroxylation is 1. The van der Waals surface area contributed by atoms with Gasteiger partial charge in [0.25, 0.3) is 5.91 Å². The van der Waals surface area contributed by atoms with Crippen LogP contribution in [0.15, 0.2) is 36.4 Å². The van der Waals surface area contributed by atoms with Crippen LogP contribution in [0.3, 0.4) is 0 Å². The number of carbonyl (C=O) groups is 2. The van der Waals surface area contributed by atoms with Crippen LogP contribution < -0.4 is 5.32 Å². The van der Waals surface area contributed by atoms with Crippen LogP contribution in [0.1, 0.15) is 34.0 Å². The summed E-state index contributed by atoms with van der Waals surface area (Å²) in [6.07, 6.45) is 0.503. The van der Waals surface area contributed by atoms with Gasteiger partial charge in [0.1, 0.15) is 11.4 Å². The number of ether oxygens (including phenoxy) is 1. The molecule has 0 radical (unpaired) electrons. The van der Waals surface area contributed by atoms with Gasteiger partial charge in [-0.1, -0.05) is 18.2 Å². The van der Waals surface area contributed by atoms with Gasteiger partial charge in [-0.25, -0.2) is 9.18 Å². The summed E-state index contributed by atoms with van der Waals surface area (Å²) < 4.78 is 19.7. The van der Waals surface area contributed by atoms with Crippen LogP contribution in [0.5, 0.6) is 0 Å². The minimum atomic E-state index is -1.21. The topological polar surface area (TPSA) is 55.4 Å². The molecule has 0 aliphatic heterocycles. The first-order valence-electron chi connectivity index (χ1n) is 8.38. The zero-order valence-electron chi connectivity index (χ0n) is 14.6. The smallest absolute Gasteiger partial charge is 0.332 e. The van der Waals surface area contributed by atoms with Crippen molar-refractivity contribution in [2.75, 3.05) is 6.61 Å². The maximum atomic E-state index is 13.6. The third-order valence-electron chi connectivity index (χ3n) is 4.61. The first-order valence-corrected chi connectivity index (χ1v) is 9.46. The molecule has 6 heteroatoms. The summed E-state index contributed by atoms with van der Waals surface area (Å²) in [5, 5.41) is 2.89. The van der Waals surface area contributed by atoms with E-state index in [1.165, 1.54) is 12.1 Å². The average Bonchev–Trinajstić information content (AvgIpc) is 2.96. The lowest BCUT2D eigenvalue weighted by atomic mass is 9.94. The Kier molecular flexibility index (Phi) is 5.32. The van der Waals surface area contributed by atoms with Crippen molar-refractivity contribution >= 4 is 34.5 Å². The standard InChI is InChI=1S/C20H19FINO3/c1-3-26-19(25)20(10-13-7-8-15(21)9-14(13)11-20)23-18(24)16-6-4-5-12(2)17(16)22/h4-9H,3,10-11H2,1-2H3,(H,23,24). The van der Waals surface area contributed by atoms with Gasteiger partial charge in [-0.05, 0) is 71.3 Å². The largest absolute Gasteiger partial charge is 0.464 e. The van der Waals surface area contributed by atoms with Crippen molar-refractivity contribution in [3.8, 4) is 0 Å². The van der Waals surface area contributed by atoms with Gasteiger partial charge < -0.3 is 10.1 Å². The maximum absolute atomic E-state index is 13.6. The van der Waals surface area contributed by atoms with Gasteiger partial charge in [-0.2, -0.15) is 0 Å². The molecular formula is C20H19FINO3. The molecule has 0 fully saturated rings. The molecular weight excluding hydrogens is 448 g/mol. The van der Waals surface area contributed by atoms with Crippen LogP contribution >= 0.6 is 22.6 Å². The Morgan fingerprint density at radius 3 is 2.69 bits per heavy atom. The van der Waals surface area contributed by atoms with Gasteiger partial charge in [0.2, 0.25) is 0 Å². The quantitative estimate of drug-likeness (QED) is 0.553. The van der Waals surface area contributed by atoms with Crippen molar-refractivity contribution in [3.63, 3.8) is 0 Å². The zero-order chi connectivity index (χ0) is 18.9. The van der Waals surface area contributed by atoms with Crippen LogP contribution in [0.2, 0.25) is 0 Å². The molecule has 1 atom stereocenters. The Morgan fingerprint density at radius 1 is 1.23 bits per heavy atom. The molecule has 26 heavy (non-hydrogen) atoms. The summed E-state index contributed by atoms with van der Waals surface area (Å²) in [5.41, 5.74) is 1.85. The zero-order valence-corrected chi connectivity index (χ0v) is 16.7. The predicted octanol–water partition coefficient (Wildman–Crippen LogP) is 3.57. The molecule has 1 unspecified atom stereocenters. The highest BCUT2D eigenvalue weighted by Crippen LogP contribution is 2.32. The van der Waals surface area contributed by atoms with E-state index in [1.807, 2.05) is 19.1 Å². The molecule has 0 aromatic heterocycles. The van der Waals surface area contributed by atoms with Crippen molar-refractivity contribution in [3.05, 3.63) is 68.0 Å². The van der Waals surface area contributed by atoms with Gasteiger partial charge >= 0.3 is 5.97 Å². The lowest BCUT2D eigenvalue weighted by Gasteiger charge is -2.28. The van der Waals surface area contributed by atoms with E-state index in [1.54, 1.807) is 19.1 Å². The fraction of sp³-hybridized carbons (Fsp3) is 0.300. The highest BCUT2D eigenvalue weighted by atomic mass is 127. The van der Waals surface area contributed by atoms with Gasteiger partial charge in [0.15, 0.2) is 0 Å². The van der Waals surface area contributed by atoms with E-state index >= 15 is 0 Å². The number of hydrogen-bond donors (Lipinski definition) is 1. The fourth-order valence-electron chi connectivity index (χ4n) is 3.30. The molecule has 2 aromatic carbocycles. The number of rotatable bonds is 4. The molecule has 0 saturated heterocycles. The Morgan fingerprint density at radius 2 is 1.96 bits per heavy atom. The predicted molar refractivity (Wildman–Crippen MR) is 105 cm³/mol. The number of hydrogen-bond acceptors (Lipinski definition) is 3. The van der Waals surface area contributed by atoms with Gasteiger partial charge in [0.05, 0.1) is 12.2 Å². The Bertz CT molecular complexity index is 883. The molecule has 1 aliphatic carbocycles. The van der Waals surface area contributed by atoms with E-state index in [9.17, 15) is 14.0 Å². The lowest BCUT2D eigenvalue weighted by Crippen LogP contribution is -2.56. The van der Waals surface area contributed by atoms with Gasteiger partial charge in [-0.15, -0.1) is 0 Å². The van der Waals surface area contributed by atoms with Crippen LogP contribution in [-0.4, -0.2) is 24.0 Å². The van der Waals surface area contributed by atoms with Crippen LogP contribution in [-0.2, 0) is 22.4 Å². The molecule has 2 aromatic rings. The normalized spacial score (nSPS) is 18.3. The number of amides is 1. The minimum absolute atomic E-state index is 0.211. The summed E-state index contributed by atoms with van der Waals surface area (Å²) in [7, 11) is 0. The maximum Gasteiger partial charge on any atom is 0.332 e. The van der Waals surface area contributed by atoms with E-state index in [-0.39, 0.29) is 31.2 Å². The molecule has 0 bridgehead atoms. The molecule has 0 saturated carbocycles. The van der Waals surface area contributed by atoms with E-state index in [4.69, 9.17) is 4.74 Å². The summed E-state index contributed by atoms with van der Waals surface area (Å²) >= 11 is 2.12. The van der Waals surface area contributed by atoms with Crippen LogP contribution in [0.25, 0.3) is 0 Å². The third-order valence-corrected chi connectivity index (χ3v) is 6.04. The number of fused-ring (bicyclic) bond motifs is 1. The molecule has 1 aliphatic rings. The molecule has 136 valence electrons. The van der Waals surface area contributed by atoms with E-state index in [2.05, 4.69) is 27.9 Å². The molecule has 0 spiro atoms. The number of nitrogens with one attached hydrogen (secondary N) is 1. The highest BCUT2D eigenvalue weighted by molar-refractivity contribution is 14.1. The molecule has 4 nitrogen and oxygen atoms in total. The first kappa shape index (κ1) is 18.8. The van der Waals surface area contributed by atoms with Crippen molar-refractivity contribution < 1.29 is 18.7 Å². The number of benzene rings is 2. The Hall–Kier alpha value is -1.96. The van der Waals surface area contributed by atoms with E-state index < -0.39 is 11.5 Å². The summed E-state index contributed by atoms with van der Waals surface area (Å²) in [5.74, 6) is -1.19. The molecule has 0 heterocycles. The Labute approximate surface area is 165 Å².